The number of nitrogens with one attached hydrogen (secondary N) is 5. The maximum absolute atomic E-state index is 4.16. The molecule has 1 atom stereocenters. The van der Waals surface area contributed by atoms with Gasteiger partial charge in [-0.2, -0.15) is 0 Å². The molecule has 6 heterocycles. The van der Waals surface area contributed by atoms with Crippen molar-refractivity contribution in [2.45, 2.75) is 51.6 Å². The smallest absolute Gasteiger partial charge is 0.162 e. The van der Waals surface area contributed by atoms with Crippen LogP contribution in [0.3, 0.4) is 0 Å². The molecule has 5 aromatic heterocycles. The summed E-state index contributed by atoms with van der Waals surface area (Å²) in [5.74, 6) is 3.45. The minimum atomic E-state index is 0.290. The predicted octanol–water partition coefficient (Wildman–Crippen LogP) is -4.08. The topological polar surface area (TPSA) is 285 Å². The molecule has 1 fully saturated rings. The number of H-pyrrole nitrogens is 5. The van der Waals surface area contributed by atoms with Gasteiger partial charge in [0.2, 0.25) is 0 Å². The highest BCUT2D eigenvalue weighted by Gasteiger charge is 2.27. The standard InChI is InChI=1S/C19H32N24/c1-2-14(8-41(3-1)10-16-22-32-33-23-16)43(13-19-28-38-39-29-19)7-6-40(9-15-20-30-31-21-15)4-5-42(11-17-24-34-35-25-17)12-18-26-36-37-27-18/h14H,1-13H2,(H,20,21,30,31)(H,22,23,32,33)(H,24,25,34,35)(H,26,27,36,37)(H,28,29,38,39). The number of piperidine rings is 1. The molecule has 0 amide bonds. The van der Waals surface area contributed by atoms with Gasteiger partial charge in [-0.1, -0.05) is 0 Å². The number of nitrogens with zero attached hydrogens (tertiary/aromatic N) is 19. The van der Waals surface area contributed by atoms with Gasteiger partial charge in [0.1, 0.15) is 0 Å². The Morgan fingerprint density at radius 2 is 1.02 bits per heavy atom. The third kappa shape index (κ3) is 8.37. The van der Waals surface area contributed by atoms with Crippen LogP contribution in [0, 0.1) is 0 Å². The van der Waals surface area contributed by atoms with E-state index >= 15 is 0 Å². The normalized spacial score (nSPS) is 16.2. The van der Waals surface area contributed by atoms with E-state index in [1.54, 1.807) is 0 Å². The van der Waals surface area contributed by atoms with Crippen LogP contribution in [0.4, 0.5) is 0 Å². The molecule has 5 N–H and O–H groups in total. The number of aromatic nitrogens is 20. The number of hydrogen-bond acceptors (Lipinski definition) is 19. The summed E-state index contributed by atoms with van der Waals surface area (Å²) >= 11 is 0. The number of rotatable bonds is 17. The predicted molar refractivity (Wildman–Crippen MR) is 139 cm³/mol. The molecule has 1 aliphatic heterocycles. The SMILES string of the molecule is C1CC(N(CCN(CCN(Cc2nnn[nH]2)Cc2nnn[nH]2)Cc2nnn[nH]2)Cc2nnn[nH]2)CN(Cc2nnn[nH]2)C1. The molecule has 6 rings (SSSR count). The molecule has 5 aromatic rings. The molecule has 24 heteroatoms. The molecule has 0 radical (unpaired) electrons. The minimum absolute atomic E-state index is 0.290. The quantitative estimate of drug-likeness (QED) is 0.0681. The molecule has 228 valence electrons. The van der Waals surface area contributed by atoms with Gasteiger partial charge in [-0.3, -0.25) is 19.6 Å². The number of aromatic amines is 5. The Labute approximate surface area is 243 Å². The monoisotopic (exact) mass is 596 g/mol. The van der Waals surface area contributed by atoms with E-state index in [0.717, 1.165) is 50.7 Å². The van der Waals surface area contributed by atoms with E-state index in [1.807, 2.05) is 0 Å². The molecular formula is C19H32N24. The first-order chi connectivity index (χ1) is 21.3. The fraction of sp³-hybridized carbons (Fsp3) is 0.737. The van der Waals surface area contributed by atoms with E-state index in [-0.39, 0.29) is 6.04 Å². The summed E-state index contributed by atoms with van der Waals surface area (Å²) in [5, 5.41) is 72.0. The fourth-order valence-corrected chi connectivity index (χ4v) is 5.17. The zero-order chi connectivity index (χ0) is 29.1. The molecule has 1 saturated heterocycles. The molecule has 1 aliphatic rings. The van der Waals surface area contributed by atoms with Crippen molar-refractivity contribution < 1.29 is 0 Å². The van der Waals surface area contributed by atoms with Crippen LogP contribution in [0.5, 0.6) is 0 Å². The van der Waals surface area contributed by atoms with E-state index < -0.39 is 0 Å². The average molecular weight is 597 g/mol. The van der Waals surface area contributed by atoms with Crippen molar-refractivity contribution >= 4 is 0 Å². The second kappa shape index (κ2) is 14.4. The van der Waals surface area contributed by atoms with Gasteiger partial charge in [0.25, 0.3) is 0 Å². The van der Waals surface area contributed by atoms with Crippen molar-refractivity contribution in [1.82, 2.24) is 123 Å². The fourth-order valence-electron chi connectivity index (χ4n) is 5.17. The van der Waals surface area contributed by atoms with E-state index in [4.69, 9.17) is 0 Å². The average Bonchev–Trinajstić information content (AvgIpc) is 3.86. The van der Waals surface area contributed by atoms with Crippen molar-refractivity contribution in [3.05, 3.63) is 29.1 Å². The number of likely N-dealkylation sites (tertiary alicyclic amines) is 1. The first kappa shape index (κ1) is 28.3. The number of tetrazole rings is 5. The lowest BCUT2D eigenvalue weighted by Gasteiger charge is -2.39. The molecule has 1 unspecified atom stereocenters. The zero-order valence-corrected chi connectivity index (χ0v) is 23.3. The highest BCUT2D eigenvalue weighted by Crippen LogP contribution is 2.19. The lowest BCUT2D eigenvalue weighted by atomic mass is 10.0. The summed E-state index contributed by atoms with van der Waals surface area (Å²) in [5.41, 5.74) is 0. The summed E-state index contributed by atoms with van der Waals surface area (Å²) in [6.45, 7) is 7.54. The van der Waals surface area contributed by atoms with Crippen molar-refractivity contribution in [1.29, 1.82) is 0 Å². The second-order valence-corrected chi connectivity index (χ2v) is 10.2. The summed E-state index contributed by atoms with van der Waals surface area (Å²) in [6.07, 6.45) is 2.12. The van der Waals surface area contributed by atoms with Gasteiger partial charge in [-0.05, 0) is 71.5 Å². The molecular weight excluding hydrogens is 564 g/mol. The van der Waals surface area contributed by atoms with E-state index in [0.29, 0.717) is 63.3 Å². The van der Waals surface area contributed by atoms with Crippen molar-refractivity contribution in [3.8, 4) is 0 Å². The van der Waals surface area contributed by atoms with E-state index in [1.165, 1.54) is 0 Å². The second-order valence-electron chi connectivity index (χ2n) is 10.2. The van der Waals surface area contributed by atoms with Gasteiger partial charge >= 0.3 is 0 Å². The van der Waals surface area contributed by atoms with Crippen LogP contribution >= 0.6 is 0 Å². The molecule has 43 heavy (non-hydrogen) atoms. The Bertz CT molecular complexity index is 1350. The van der Waals surface area contributed by atoms with Crippen LogP contribution in [-0.2, 0) is 32.7 Å². The van der Waals surface area contributed by atoms with Crippen molar-refractivity contribution in [3.63, 3.8) is 0 Å². The van der Waals surface area contributed by atoms with Gasteiger partial charge in [-0.25, -0.2) is 25.5 Å². The van der Waals surface area contributed by atoms with Crippen molar-refractivity contribution in [2.24, 2.45) is 0 Å². The van der Waals surface area contributed by atoms with Gasteiger partial charge in [0.15, 0.2) is 29.1 Å². The highest BCUT2D eigenvalue weighted by molar-refractivity contribution is 4.89. The molecule has 0 aromatic carbocycles. The third-order valence-corrected chi connectivity index (χ3v) is 7.23. The Hall–Kier alpha value is -4.81. The van der Waals surface area contributed by atoms with Gasteiger partial charge in [0, 0.05) is 38.8 Å². The highest BCUT2D eigenvalue weighted by atomic mass is 15.5. The Morgan fingerprint density at radius 3 is 1.56 bits per heavy atom. The van der Waals surface area contributed by atoms with Crippen LogP contribution in [0.25, 0.3) is 0 Å². The first-order valence-electron chi connectivity index (χ1n) is 13.8. The molecule has 0 aliphatic carbocycles. The van der Waals surface area contributed by atoms with E-state index in [2.05, 4.69) is 123 Å². The number of hydrogen-bond donors (Lipinski definition) is 5. The lowest BCUT2D eigenvalue weighted by molar-refractivity contribution is 0.0716. The minimum Gasteiger partial charge on any atom is -0.294 e. The summed E-state index contributed by atoms with van der Waals surface area (Å²) < 4.78 is 0. The van der Waals surface area contributed by atoms with Crippen LogP contribution in [0.1, 0.15) is 42.0 Å². The largest absolute Gasteiger partial charge is 0.294 e. The van der Waals surface area contributed by atoms with Crippen LogP contribution < -0.4 is 0 Å². The molecule has 0 bridgehead atoms. The van der Waals surface area contributed by atoms with Crippen LogP contribution in [-0.4, -0.2) is 168 Å². The molecule has 0 saturated carbocycles. The first-order valence-corrected chi connectivity index (χ1v) is 13.8. The zero-order valence-electron chi connectivity index (χ0n) is 23.3. The Morgan fingerprint density at radius 1 is 0.558 bits per heavy atom. The maximum atomic E-state index is 4.16. The van der Waals surface area contributed by atoms with Crippen LogP contribution in [0.2, 0.25) is 0 Å². The lowest BCUT2D eigenvalue weighted by Crippen LogP contribution is -2.49. The Kier molecular flexibility index (Phi) is 9.47. The van der Waals surface area contributed by atoms with Gasteiger partial charge < -0.3 is 0 Å². The van der Waals surface area contributed by atoms with Gasteiger partial charge in [-0.15, -0.1) is 25.5 Å². The summed E-state index contributed by atoms with van der Waals surface area (Å²) in [7, 11) is 0. The van der Waals surface area contributed by atoms with Crippen molar-refractivity contribution in [2.75, 3.05) is 39.3 Å². The summed E-state index contributed by atoms with van der Waals surface area (Å²) in [6, 6.07) is 0.290. The molecule has 24 nitrogen and oxygen atoms in total. The van der Waals surface area contributed by atoms with Gasteiger partial charge in [0.05, 0.1) is 32.7 Å². The van der Waals surface area contributed by atoms with E-state index in [9.17, 15) is 0 Å². The summed E-state index contributed by atoms with van der Waals surface area (Å²) in [4.78, 5) is 9.26. The Balaban J connectivity index is 1.12. The third-order valence-electron chi connectivity index (χ3n) is 7.23. The maximum Gasteiger partial charge on any atom is 0.162 e. The molecule has 0 spiro atoms. The van der Waals surface area contributed by atoms with Crippen LogP contribution in [0.15, 0.2) is 0 Å².